The summed E-state index contributed by atoms with van der Waals surface area (Å²) in [6, 6.07) is 10.1. The lowest BCUT2D eigenvalue weighted by molar-refractivity contribution is 0.471. The maximum Gasteiger partial charge on any atom is 0.294 e. The summed E-state index contributed by atoms with van der Waals surface area (Å²) in [5.41, 5.74) is 0.372. The first-order valence-corrected chi connectivity index (χ1v) is 7.30. The standard InChI is InChI=1S/C14H9N3O4S/c15-6-9(7-16)8-17-11-2-1-10-3-12(22(19,20)21)5-14(18)13(10)4-11/h1-5,8,17-18H,(H,19,20,21). The molecule has 8 heteroatoms. The largest absolute Gasteiger partial charge is 0.507 e. The molecule has 0 aliphatic heterocycles. The smallest absolute Gasteiger partial charge is 0.294 e. The quantitative estimate of drug-likeness (QED) is 0.583. The van der Waals surface area contributed by atoms with E-state index in [9.17, 15) is 13.5 Å². The highest BCUT2D eigenvalue weighted by molar-refractivity contribution is 7.85. The molecule has 110 valence electrons. The topological polar surface area (TPSA) is 134 Å². The molecule has 0 radical (unpaired) electrons. The number of fused-ring (bicyclic) bond motifs is 1. The first-order chi connectivity index (χ1) is 10.3. The molecule has 0 aromatic heterocycles. The number of nitrogens with one attached hydrogen (secondary N) is 1. The van der Waals surface area contributed by atoms with Crippen LogP contribution in [0.1, 0.15) is 0 Å². The number of hydrogen-bond donors (Lipinski definition) is 3. The Bertz CT molecular complexity index is 950. The molecule has 0 saturated heterocycles. The van der Waals surface area contributed by atoms with E-state index in [0.717, 1.165) is 6.07 Å². The van der Waals surface area contributed by atoms with Crippen LogP contribution in [0, 0.1) is 22.7 Å². The molecular formula is C14H9N3O4S. The van der Waals surface area contributed by atoms with Crippen LogP contribution >= 0.6 is 0 Å². The zero-order valence-corrected chi connectivity index (χ0v) is 11.8. The van der Waals surface area contributed by atoms with Crippen molar-refractivity contribution in [2.75, 3.05) is 5.32 Å². The van der Waals surface area contributed by atoms with Gasteiger partial charge >= 0.3 is 0 Å². The summed E-state index contributed by atoms with van der Waals surface area (Å²) < 4.78 is 31.2. The van der Waals surface area contributed by atoms with Crippen molar-refractivity contribution in [2.24, 2.45) is 0 Å². The number of anilines is 1. The Labute approximate surface area is 126 Å². The molecule has 3 N–H and O–H groups in total. The Kier molecular flexibility index (Phi) is 4.00. The average molecular weight is 315 g/mol. The van der Waals surface area contributed by atoms with Crippen LogP contribution in [-0.2, 0) is 10.1 Å². The van der Waals surface area contributed by atoms with E-state index in [1.54, 1.807) is 18.2 Å². The molecule has 0 spiro atoms. The van der Waals surface area contributed by atoms with Crippen molar-refractivity contribution in [3.05, 3.63) is 42.1 Å². The summed E-state index contributed by atoms with van der Waals surface area (Å²) in [6.45, 7) is 0. The number of nitrogens with zero attached hydrogens (tertiary/aromatic N) is 2. The molecule has 0 saturated carbocycles. The number of allylic oxidation sites excluding steroid dienone is 1. The van der Waals surface area contributed by atoms with Crippen molar-refractivity contribution >= 4 is 26.6 Å². The first kappa shape index (κ1) is 15.3. The summed E-state index contributed by atoms with van der Waals surface area (Å²) >= 11 is 0. The molecule has 0 amide bonds. The van der Waals surface area contributed by atoms with E-state index in [0.29, 0.717) is 16.5 Å². The fourth-order valence-corrected chi connectivity index (χ4v) is 2.33. The lowest BCUT2D eigenvalue weighted by Gasteiger charge is -2.07. The second-order valence-electron chi connectivity index (χ2n) is 4.28. The van der Waals surface area contributed by atoms with Crippen molar-refractivity contribution in [2.45, 2.75) is 4.90 Å². The summed E-state index contributed by atoms with van der Waals surface area (Å²) in [5.74, 6) is -0.321. The number of rotatable bonds is 3. The summed E-state index contributed by atoms with van der Waals surface area (Å²) in [7, 11) is -4.41. The van der Waals surface area contributed by atoms with Gasteiger partial charge in [-0.1, -0.05) is 6.07 Å². The molecule has 2 aromatic carbocycles. The monoisotopic (exact) mass is 315 g/mol. The predicted octanol–water partition coefficient (Wildman–Crippen LogP) is 2.14. The van der Waals surface area contributed by atoms with Crippen LogP contribution in [0.15, 0.2) is 47.0 Å². The number of phenolic OH excluding ortho intramolecular Hbond substituents is 1. The Hall–Kier alpha value is -3.07. The molecule has 7 nitrogen and oxygen atoms in total. The number of aromatic hydroxyl groups is 1. The van der Waals surface area contributed by atoms with E-state index in [2.05, 4.69) is 5.32 Å². The number of hydrogen-bond acceptors (Lipinski definition) is 6. The van der Waals surface area contributed by atoms with Gasteiger partial charge in [0.25, 0.3) is 10.1 Å². The lowest BCUT2D eigenvalue weighted by Crippen LogP contribution is -1.98. The van der Waals surface area contributed by atoms with Crippen LogP contribution in [0.3, 0.4) is 0 Å². The maximum atomic E-state index is 11.1. The highest BCUT2D eigenvalue weighted by Crippen LogP contribution is 2.30. The van der Waals surface area contributed by atoms with Crippen LogP contribution in [0.25, 0.3) is 10.8 Å². The minimum absolute atomic E-state index is 0.119. The van der Waals surface area contributed by atoms with E-state index in [1.807, 2.05) is 0 Å². The van der Waals surface area contributed by atoms with E-state index in [-0.39, 0.29) is 11.3 Å². The van der Waals surface area contributed by atoms with Gasteiger partial charge in [-0.3, -0.25) is 4.55 Å². The van der Waals surface area contributed by atoms with E-state index in [4.69, 9.17) is 15.1 Å². The third-order valence-electron chi connectivity index (χ3n) is 2.83. The van der Waals surface area contributed by atoms with Gasteiger partial charge in [0, 0.05) is 23.3 Å². The minimum Gasteiger partial charge on any atom is -0.507 e. The molecule has 0 bridgehead atoms. The second-order valence-corrected chi connectivity index (χ2v) is 5.70. The molecule has 2 aromatic rings. The molecule has 2 rings (SSSR count). The Morgan fingerprint density at radius 3 is 2.45 bits per heavy atom. The second kappa shape index (κ2) is 5.74. The molecule has 0 fully saturated rings. The fraction of sp³-hybridized carbons (Fsp3) is 0. The van der Waals surface area contributed by atoms with Crippen molar-refractivity contribution in [1.82, 2.24) is 0 Å². The van der Waals surface area contributed by atoms with Gasteiger partial charge in [-0.25, -0.2) is 0 Å². The van der Waals surface area contributed by atoms with Crippen molar-refractivity contribution in [1.29, 1.82) is 10.5 Å². The molecule has 0 atom stereocenters. The predicted molar refractivity (Wildman–Crippen MR) is 78.4 cm³/mol. The summed E-state index contributed by atoms with van der Waals surface area (Å²) in [6.07, 6.45) is 1.21. The fourth-order valence-electron chi connectivity index (χ4n) is 1.80. The lowest BCUT2D eigenvalue weighted by atomic mass is 10.1. The van der Waals surface area contributed by atoms with Crippen molar-refractivity contribution in [3.63, 3.8) is 0 Å². The van der Waals surface area contributed by atoms with Crippen LogP contribution in [0.2, 0.25) is 0 Å². The zero-order valence-electron chi connectivity index (χ0n) is 11.0. The molecule has 22 heavy (non-hydrogen) atoms. The summed E-state index contributed by atoms with van der Waals surface area (Å²) in [5, 5.41) is 30.6. The third kappa shape index (κ3) is 3.15. The van der Waals surface area contributed by atoms with Crippen LogP contribution < -0.4 is 5.32 Å². The first-order valence-electron chi connectivity index (χ1n) is 5.86. The van der Waals surface area contributed by atoms with Crippen LogP contribution in [-0.4, -0.2) is 18.1 Å². The molecule has 0 heterocycles. The number of phenols is 1. The molecule has 0 aliphatic rings. The number of benzene rings is 2. The van der Waals surface area contributed by atoms with Gasteiger partial charge in [0.1, 0.15) is 23.5 Å². The third-order valence-corrected chi connectivity index (χ3v) is 3.66. The van der Waals surface area contributed by atoms with Gasteiger partial charge in [0.2, 0.25) is 0 Å². The highest BCUT2D eigenvalue weighted by Gasteiger charge is 2.13. The Balaban J connectivity index is 2.49. The normalized spacial score (nSPS) is 10.5. The SMILES string of the molecule is N#CC(C#N)=CNc1ccc2cc(S(=O)(=O)O)cc(O)c2c1. The maximum absolute atomic E-state index is 11.1. The van der Waals surface area contributed by atoms with Gasteiger partial charge < -0.3 is 10.4 Å². The van der Waals surface area contributed by atoms with E-state index < -0.39 is 15.0 Å². The van der Waals surface area contributed by atoms with Crippen molar-refractivity contribution < 1.29 is 18.1 Å². The van der Waals surface area contributed by atoms with E-state index in [1.165, 1.54) is 24.4 Å². The van der Waals surface area contributed by atoms with E-state index >= 15 is 0 Å². The number of nitriles is 2. The van der Waals surface area contributed by atoms with Gasteiger partial charge in [-0.15, -0.1) is 0 Å². The molecule has 0 unspecified atom stereocenters. The van der Waals surface area contributed by atoms with Gasteiger partial charge in [0.05, 0.1) is 4.90 Å². The Morgan fingerprint density at radius 2 is 1.86 bits per heavy atom. The highest BCUT2D eigenvalue weighted by atomic mass is 32.2. The molecular weight excluding hydrogens is 306 g/mol. The van der Waals surface area contributed by atoms with Gasteiger partial charge in [0.15, 0.2) is 0 Å². The summed E-state index contributed by atoms with van der Waals surface area (Å²) in [4.78, 5) is -0.408. The average Bonchev–Trinajstić information content (AvgIpc) is 2.47. The minimum atomic E-state index is -4.41. The van der Waals surface area contributed by atoms with Crippen molar-refractivity contribution in [3.8, 4) is 17.9 Å². The van der Waals surface area contributed by atoms with Gasteiger partial charge in [-0.2, -0.15) is 18.9 Å². The van der Waals surface area contributed by atoms with Crippen LogP contribution in [0.5, 0.6) is 5.75 Å². The molecule has 0 aliphatic carbocycles. The van der Waals surface area contributed by atoms with Crippen LogP contribution in [0.4, 0.5) is 5.69 Å². The Morgan fingerprint density at radius 1 is 1.18 bits per heavy atom. The van der Waals surface area contributed by atoms with Gasteiger partial charge in [-0.05, 0) is 23.6 Å². The zero-order chi connectivity index (χ0) is 16.3.